The molecule has 0 aliphatic rings. The van der Waals surface area contributed by atoms with E-state index < -0.39 is 12.4 Å². The number of fused-ring (bicyclic) bond motifs is 1. The molecule has 0 fully saturated rings. The number of nitrogens with zero attached hydrogens (tertiary/aromatic N) is 2. The van der Waals surface area contributed by atoms with Crippen LogP contribution in [-0.2, 0) is 24.4 Å². The lowest BCUT2D eigenvalue weighted by Gasteiger charge is -2.11. The van der Waals surface area contributed by atoms with Crippen LogP contribution in [0.4, 0.5) is 4.39 Å². The average Bonchev–Trinajstić information content (AvgIpc) is 2.92. The fourth-order valence-electron chi connectivity index (χ4n) is 2.71. The zero-order valence-electron chi connectivity index (χ0n) is 14.6. The second-order valence-electron chi connectivity index (χ2n) is 5.72. The molecule has 0 saturated heterocycles. The molecule has 0 aromatic carbocycles. The Morgan fingerprint density at radius 2 is 2.04 bits per heavy atom. The van der Waals surface area contributed by atoms with Gasteiger partial charge in [0.25, 0.3) is 5.56 Å². The quantitative estimate of drug-likeness (QED) is 0.596. The van der Waals surface area contributed by atoms with E-state index in [9.17, 15) is 14.0 Å². The van der Waals surface area contributed by atoms with Crippen LogP contribution in [-0.4, -0.2) is 42.6 Å². The monoisotopic (exact) mass is 372 g/mol. The van der Waals surface area contributed by atoms with Gasteiger partial charge in [-0.15, -0.1) is 11.3 Å². The van der Waals surface area contributed by atoms with E-state index in [1.165, 1.54) is 27.6 Å². The predicted octanol–water partition coefficient (Wildman–Crippen LogP) is 0.587. The molecule has 25 heavy (non-hydrogen) atoms. The van der Waals surface area contributed by atoms with Crippen molar-refractivity contribution in [1.29, 1.82) is 0 Å². The standard InChI is InChI=1S/C16H25FN4O3S/c1-11-12(10-19-6-5-18)25-15-13(11)14(22)20(8-9-24-2)16(23)21(15)7-3-4-17/h19H,3-10,18H2,1-2H3. The van der Waals surface area contributed by atoms with E-state index >= 15 is 0 Å². The molecule has 0 saturated carbocycles. The predicted molar refractivity (Wildman–Crippen MR) is 98.3 cm³/mol. The lowest BCUT2D eigenvalue weighted by molar-refractivity contribution is 0.184. The van der Waals surface area contributed by atoms with Gasteiger partial charge in [0.05, 0.1) is 25.2 Å². The van der Waals surface area contributed by atoms with Crippen LogP contribution in [0.2, 0.25) is 0 Å². The Hall–Kier alpha value is -1.55. The highest BCUT2D eigenvalue weighted by molar-refractivity contribution is 7.18. The van der Waals surface area contributed by atoms with E-state index in [4.69, 9.17) is 10.5 Å². The molecule has 0 amide bonds. The highest BCUT2D eigenvalue weighted by atomic mass is 32.1. The van der Waals surface area contributed by atoms with Crippen LogP contribution >= 0.6 is 11.3 Å². The zero-order valence-corrected chi connectivity index (χ0v) is 15.5. The largest absolute Gasteiger partial charge is 0.383 e. The summed E-state index contributed by atoms with van der Waals surface area (Å²) >= 11 is 1.40. The molecule has 0 atom stereocenters. The number of aromatic nitrogens is 2. The van der Waals surface area contributed by atoms with Gasteiger partial charge in [0.15, 0.2) is 0 Å². The van der Waals surface area contributed by atoms with Crippen molar-refractivity contribution >= 4 is 21.6 Å². The van der Waals surface area contributed by atoms with Gasteiger partial charge in [-0.3, -0.25) is 18.3 Å². The number of methoxy groups -OCH3 is 1. The number of nitrogens with one attached hydrogen (secondary N) is 1. The zero-order chi connectivity index (χ0) is 18.4. The number of ether oxygens (including phenoxy) is 1. The Labute approximate surface area is 149 Å². The van der Waals surface area contributed by atoms with Crippen molar-refractivity contribution in [3.63, 3.8) is 0 Å². The van der Waals surface area contributed by atoms with Crippen molar-refractivity contribution in [2.75, 3.05) is 33.5 Å². The van der Waals surface area contributed by atoms with Gasteiger partial charge >= 0.3 is 5.69 Å². The van der Waals surface area contributed by atoms with Gasteiger partial charge in [-0.05, 0) is 18.9 Å². The normalized spacial score (nSPS) is 11.5. The molecule has 0 bridgehead atoms. The molecule has 0 aliphatic carbocycles. The van der Waals surface area contributed by atoms with Crippen LogP contribution in [0, 0.1) is 6.92 Å². The Balaban J connectivity index is 2.62. The van der Waals surface area contributed by atoms with Crippen molar-refractivity contribution in [1.82, 2.24) is 14.5 Å². The van der Waals surface area contributed by atoms with Crippen LogP contribution < -0.4 is 22.3 Å². The van der Waals surface area contributed by atoms with Crippen molar-refractivity contribution in [3.8, 4) is 0 Å². The van der Waals surface area contributed by atoms with Gasteiger partial charge in [0.2, 0.25) is 0 Å². The highest BCUT2D eigenvalue weighted by Gasteiger charge is 2.19. The van der Waals surface area contributed by atoms with Gasteiger partial charge < -0.3 is 15.8 Å². The number of rotatable bonds is 10. The van der Waals surface area contributed by atoms with E-state index in [1.807, 2.05) is 6.92 Å². The molecule has 140 valence electrons. The highest BCUT2D eigenvalue weighted by Crippen LogP contribution is 2.27. The first-order valence-electron chi connectivity index (χ1n) is 8.28. The first kappa shape index (κ1) is 19.8. The topological polar surface area (TPSA) is 91.3 Å². The van der Waals surface area contributed by atoms with E-state index in [1.54, 1.807) is 0 Å². The summed E-state index contributed by atoms with van der Waals surface area (Å²) < 4.78 is 20.4. The Morgan fingerprint density at radius 1 is 1.28 bits per heavy atom. The molecule has 3 N–H and O–H groups in total. The van der Waals surface area contributed by atoms with Crippen LogP contribution in [0.3, 0.4) is 0 Å². The van der Waals surface area contributed by atoms with Gasteiger partial charge in [0, 0.05) is 38.2 Å². The fraction of sp³-hybridized carbons (Fsp3) is 0.625. The SMILES string of the molecule is COCCn1c(=O)c2c(C)c(CNCCN)sc2n(CCCF)c1=O. The summed E-state index contributed by atoms with van der Waals surface area (Å²) in [7, 11) is 1.52. The molecule has 2 heterocycles. The summed E-state index contributed by atoms with van der Waals surface area (Å²) in [5, 5.41) is 3.74. The first-order valence-corrected chi connectivity index (χ1v) is 9.09. The number of aryl methyl sites for hydroxylation is 2. The van der Waals surface area contributed by atoms with Crippen molar-refractivity contribution < 1.29 is 9.13 Å². The molecule has 0 radical (unpaired) electrons. The summed E-state index contributed by atoms with van der Waals surface area (Å²) in [6, 6.07) is 0. The van der Waals surface area contributed by atoms with Gasteiger partial charge in [-0.1, -0.05) is 0 Å². The van der Waals surface area contributed by atoms with E-state index in [0.717, 1.165) is 10.4 Å². The minimum atomic E-state index is -0.513. The van der Waals surface area contributed by atoms with Crippen molar-refractivity contribution in [2.24, 2.45) is 5.73 Å². The number of alkyl halides is 1. The maximum Gasteiger partial charge on any atom is 0.332 e. The van der Waals surface area contributed by atoms with E-state index in [0.29, 0.717) is 29.9 Å². The minimum Gasteiger partial charge on any atom is -0.383 e. The number of hydrogen-bond acceptors (Lipinski definition) is 6. The third-order valence-electron chi connectivity index (χ3n) is 4.03. The molecule has 2 aromatic rings. The summed E-state index contributed by atoms with van der Waals surface area (Å²) in [4.78, 5) is 27.1. The fourth-order valence-corrected chi connectivity index (χ4v) is 3.99. The molecule has 2 rings (SSSR count). The average molecular weight is 372 g/mol. The Bertz CT molecular complexity index is 827. The molecule has 0 aliphatic heterocycles. The molecule has 7 nitrogen and oxygen atoms in total. The minimum absolute atomic E-state index is 0.176. The summed E-state index contributed by atoms with van der Waals surface area (Å²) in [5.74, 6) is 0. The smallest absolute Gasteiger partial charge is 0.332 e. The first-order chi connectivity index (χ1) is 12.1. The number of nitrogens with two attached hydrogens (primary N) is 1. The maximum atomic E-state index is 12.8. The molecule has 0 spiro atoms. The van der Waals surface area contributed by atoms with Crippen LogP contribution in [0.15, 0.2) is 9.59 Å². The maximum absolute atomic E-state index is 12.8. The second kappa shape index (κ2) is 9.23. The lowest BCUT2D eigenvalue weighted by atomic mass is 10.2. The molecular weight excluding hydrogens is 347 g/mol. The Morgan fingerprint density at radius 3 is 2.68 bits per heavy atom. The van der Waals surface area contributed by atoms with Crippen LogP contribution in [0.25, 0.3) is 10.2 Å². The Kier molecular flexibility index (Phi) is 7.30. The van der Waals surface area contributed by atoms with Crippen molar-refractivity contribution in [2.45, 2.75) is 33.0 Å². The van der Waals surface area contributed by atoms with Crippen molar-refractivity contribution in [3.05, 3.63) is 31.3 Å². The van der Waals surface area contributed by atoms with E-state index in [-0.39, 0.29) is 31.7 Å². The van der Waals surface area contributed by atoms with E-state index in [2.05, 4.69) is 5.32 Å². The van der Waals surface area contributed by atoms with Crippen LogP contribution in [0.5, 0.6) is 0 Å². The number of thiophene rings is 1. The summed E-state index contributed by atoms with van der Waals surface area (Å²) in [6.07, 6.45) is 0.231. The number of hydrogen-bond donors (Lipinski definition) is 2. The third-order valence-corrected chi connectivity index (χ3v) is 5.35. The molecule has 2 aromatic heterocycles. The second-order valence-corrected chi connectivity index (χ2v) is 6.81. The lowest BCUT2D eigenvalue weighted by Crippen LogP contribution is -2.40. The van der Waals surface area contributed by atoms with Gasteiger partial charge in [-0.2, -0.15) is 0 Å². The third kappa shape index (κ3) is 4.17. The molecule has 9 heteroatoms. The summed E-state index contributed by atoms with van der Waals surface area (Å²) in [6.45, 7) is 3.82. The van der Waals surface area contributed by atoms with Crippen LogP contribution in [0.1, 0.15) is 16.9 Å². The number of halogens is 1. The molecular formula is C16H25FN4O3S. The molecule has 0 unspecified atom stereocenters. The van der Waals surface area contributed by atoms with Gasteiger partial charge in [-0.25, -0.2) is 4.79 Å². The van der Waals surface area contributed by atoms with Gasteiger partial charge in [0.1, 0.15) is 4.83 Å². The summed E-state index contributed by atoms with van der Waals surface area (Å²) in [5.41, 5.74) is 5.62.